The number of para-hydroxylation sites is 1. The molecule has 0 radical (unpaired) electrons. The summed E-state index contributed by atoms with van der Waals surface area (Å²) < 4.78 is 27.8. The predicted octanol–water partition coefficient (Wildman–Crippen LogP) is 4.13. The Kier molecular flexibility index (Phi) is 5.54. The molecule has 0 saturated carbocycles. The van der Waals surface area contributed by atoms with Gasteiger partial charge < -0.3 is 10.6 Å². The van der Waals surface area contributed by atoms with Gasteiger partial charge in [0.25, 0.3) is 5.91 Å². The summed E-state index contributed by atoms with van der Waals surface area (Å²) in [7, 11) is 0. The summed E-state index contributed by atoms with van der Waals surface area (Å²) >= 11 is 0. The van der Waals surface area contributed by atoms with Crippen LogP contribution in [-0.4, -0.2) is 23.4 Å². The van der Waals surface area contributed by atoms with E-state index >= 15 is 0 Å². The van der Waals surface area contributed by atoms with Crippen LogP contribution in [0.3, 0.4) is 0 Å². The number of urea groups is 1. The van der Waals surface area contributed by atoms with Crippen molar-refractivity contribution < 1.29 is 18.4 Å². The van der Waals surface area contributed by atoms with Gasteiger partial charge >= 0.3 is 6.03 Å². The van der Waals surface area contributed by atoms with Gasteiger partial charge in [0.1, 0.15) is 11.6 Å². The summed E-state index contributed by atoms with van der Waals surface area (Å²) in [5.74, 6) is -2.08. The lowest BCUT2D eigenvalue weighted by Crippen LogP contribution is -2.48. The van der Waals surface area contributed by atoms with Gasteiger partial charge in [-0.2, -0.15) is 0 Å². The van der Waals surface area contributed by atoms with E-state index in [0.29, 0.717) is 11.4 Å². The summed E-state index contributed by atoms with van der Waals surface area (Å²) in [6.07, 6.45) is 1.52. The van der Waals surface area contributed by atoms with Gasteiger partial charge in [-0.3, -0.25) is 9.69 Å². The zero-order chi connectivity index (χ0) is 20.3. The number of hydrogen-bond acceptors (Lipinski definition) is 2. The molecule has 0 unspecified atom stereocenters. The minimum absolute atomic E-state index is 0.00515. The summed E-state index contributed by atoms with van der Waals surface area (Å²) in [4.78, 5) is 26.9. The van der Waals surface area contributed by atoms with E-state index in [1.54, 1.807) is 31.2 Å². The van der Waals surface area contributed by atoms with Crippen molar-refractivity contribution in [2.45, 2.75) is 13.0 Å². The second kappa shape index (κ2) is 8.04. The third-order valence-electron chi connectivity index (χ3n) is 4.46. The normalized spacial score (nSPS) is 16.6. The topological polar surface area (TPSA) is 61.4 Å². The van der Waals surface area contributed by atoms with Crippen molar-refractivity contribution in [2.24, 2.45) is 0 Å². The van der Waals surface area contributed by atoms with Crippen molar-refractivity contribution in [1.82, 2.24) is 10.2 Å². The molecular formula is C21H19F2N3O2. The number of nitrogens with zero attached hydrogens (tertiary/aromatic N) is 1. The van der Waals surface area contributed by atoms with Crippen molar-refractivity contribution in [3.8, 4) is 0 Å². The number of rotatable bonds is 5. The van der Waals surface area contributed by atoms with E-state index < -0.39 is 29.6 Å². The number of carbonyl (C=O) groups is 2. The van der Waals surface area contributed by atoms with Gasteiger partial charge in [0.05, 0.1) is 11.6 Å². The average Bonchev–Trinajstić information content (AvgIpc) is 2.65. The Bertz CT molecular complexity index is 957. The van der Waals surface area contributed by atoms with E-state index in [2.05, 4.69) is 17.2 Å². The Morgan fingerprint density at radius 3 is 2.61 bits per heavy atom. The summed E-state index contributed by atoms with van der Waals surface area (Å²) in [5.41, 5.74) is 1.09. The highest BCUT2D eigenvalue weighted by molar-refractivity contribution is 6.06. The summed E-state index contributed by atoms with van der Waals surface area (Å²) in [6, 6.07) is 10.2. The van der Waals surface area contributed by atoms with Gasteiger partial charge in [-0.05, 0) is 25.1 Å². The second-order valence-electron chi connectivity index (χ2n) is 6.27. The van der Waals surface area contributed by atoms with Crippen LogP contribution in [0.5, 0.6) is 0 Å². The Balaban J connectivity index is 2.07. The highest BCUT2D eigenvalue weighted by Crippen LogP contribution is 2.32. The van der Waals surface area contributed by atoms with E-state index in [-0.39, 0.29) is 17.7 Å². The number of hydrogen-bond donors (Lipinski definition) is 2. The molecule has 28 heavy (non-hydrogen) atoms. The Morgan fingerprint density at radius 1 is 1.25 bits per heavy atom. The molecule has 1 atom stereocenters. The average molecular weight is 383 g/mol. The lowest BCUT2D eigenvalue weighted by Gasteiger charge is -2.35. The molecule has 2 aromatic carbocycles. The molecule has 3 amide bonds. The minimum atomic E-state index is -1.06. The van der Waals surface area contributed by atoms with E-state index in [9.17, 15) is 18.4 Å². The fourth-order valence-corrected chi connectivity index (χ4v) is 3.11. The molecule has 0 aliphatic carbocycles. The molecule has 0 spiro atoms. The Labute approximate surface area is 161 Å². The quantitative estimate of drug-likeness (QED) is 0.763. The highest BCUT2D eigenvalue weighted by atomic mass is 19.1. The first-order valence-corrected chi connectivity index (χ1v) is 8.63. The first-order chi connectivity index (χ1) is 13.4. The SMILES string of the molecule is C=CCN1C(=O)N[C@H](c2ccc(F)cc2F)C(C(=O)Nc2ccccc2)=C1C. The van der Waals surface area contributed by atoms with Crippen molar-refractivity contribution in [2.75, 3.05) is 11.9 Å². The van der Waals surface area contributed by atoms with Crippen LogP contribution in [0, 0.1) is 11.6 Å². The van der Waals surface area contributed by atoms with Gasteiger partial charge in [0.2, 0.25) is 0 Å². The smallest absolute Gasteiger partial charge is 0.322 e. The van der Waals surface area contributed by atoms with Gasteiger partial charge in [-0.1, -0.05) is 30.3 Å². The van der Waals surface area contributed by atoms with Crippen LogP contribution in [0.25, 0.3) is 0 Å². The molecule has 3 rings (SSSR count). The van der Waals surface area contributed by atoms with Crippen LogP contribution < -0.4 is 10.6 Å². The molecule has 0 aromatic heterocycles. The van der Waals surface area contributed by atoms with Crippen LogP contribution in [0.4, 0.5) is 19.3 Å². The van der Waals surface area contributed by atoms with Gasteiger partial charge in [-0.25, -0.2) is 13.6 Å². The highest BCUT2D eigenvalue weighted by Gasteiger charge is 2.36. The van der Waals surface area contributed by atoms with Crippen LogP contribution in [0.15, 0.2) is 72.5 Å². The zero-order valence-corrected chi connectivity index (χ0v) is 15.2. The maximum atomic E-state index is 14.4. The molecule has 7 heteroatoms. The van der Waals surface area contributed by atoms with Crippen molar-refractivity contribution in [3.63, 3.8) is 0 Å². The fourth-order valence-electron chi connectivity index (χ4n) is 3.11. The van der Waals surface area contributed by atoms with E-state index in [0.717, 1.165) is 12.1 Å². The number of benzene rings is 2. The van der Waals surface area contributed by atoms with E-state index in [1.807, 2.05) is 6.07 Å². The molecule has 0 fully saturated rings. The number of amides is 3. The van der Waals surface area contributed by atoms with Gasteiger partial charge in [0.15, 0.2) is 0 Å². The number of anilines is 1. The first kappa shape index (κ1) is 19.3. The van der Waals surface area contributed by atoms with Crippen LogP contribution >= 0.6 is 0 Å². The predicted molar refractivity (Wildman–Crippen MR) is 102 cm³/mol. The van der Waals surface area contributed by atoms with Crippen LogP contribution in [0.2, 0.25) is 0 Å². The maximum Gasteiger partial charge on any atom is 0.322 e. The summed E-state index contributed by atoms with van der Waals surface area (Å²) in [5, 5.41) is 5.39. The lowest BCUT2D eigenvalue weighted by atomic mass is 9.93. The summed E-state index contributed by atoms with van der Waals surface area (Å²) in [6.45, 7) is 5.40. The second-order valence-corrected chi connectivity index (χ2v) is 6.27. The number of halogens is 2. The fraction of sp³-hybridized carbons (Fsp3) is 0.143. The number of allylic oxidation sites excluding steroid dienone is 1. The van der Waals surface area contributed by atoms with Crippen molar-refractivity contribution >= 4 is 17.6 Å². The monoisotopic (exact) mass is 383 g/mol. The standard InChI is InChI=1S/C21H19F2N3O2/c1-3-11-26-13(2)18(20(27)24-15-7-5-4-6-8-15)19(25-21(26)28)16-10-9-14(22)12-17(16)23/h3-10,12,19H,1,11H2,2H3,(H,24,27)(H,25,28)/t19-/m1/s1. The Morgan fingerprint density at radius 2 is 1.96 bits per heavy atom. The Hall–Kier alpha value is -3.48. The molecule has 2 aromatic rings. The van der Waals surface area contributed by atoms with Crippen LogP contribution in [-0.2, 0) is 4.79 Å². The zero-order valence-electron chi connectivity index (χ0n) is 15.2. The molecule has 1 heterocycles. The molecule has 1 aliphatic rings. The van der Waals surface area contributed by atoms with Crippen LogP contribution in [0.1, 0.15) is 18.5 Å². The van der Waals surface area contributed by atoms with E-state index in [4.69, 9.17) is 0 Å². The molecular weight excluding hydrogens is 364 g/mol. The van der Waals surface area contributed by atoms with E-state index in [1.165, 1.54) is 17.0 Å². The van der Waals surface area contributed by atoms with Crippen molar-refractivity contribution in [3.05, 3.63) is 89.7 Å². The molecule has 0 bridgehead atoms. The van der Waals surface area contributed by atoms with Gasteiger partial charge in [-0.15, -0.1) is 6.58 Å². The first-order valence-electron chi connectivity index (χ1n) is 8.63. The maximum absolute atomic E-state index is 14.4. The molecule has 0 saturated heterocycles. The largest absolute Gasteiger partial charge is 0.326 e. The molecule has 1 aliphatic heterocycles. The van der Waals surface area contributed by atoms with Crippen molar-refractivity contribution in [1.29, 1.82) is 0 Å². The molecule has 2 N–H and O–H groups in total. The minimum Gasteiger partial charge on any atom is -0.326 e. The third-order valence-corrected chi connectivity index (χ3v) is 4.46. The lowest BCUT2D eigenvalue weighted by molar-refractivity contribution is -0.113. The molecule has 144 valence electrons. The number of carbonyl (C=O) groups excluding carboxylic acids is 2. The molecule has 5 nitrogen and oxygen atoms in total. The third kappa shape index (κ3) is 3.78. The van der Waals surface area contributed by atoms with Gasteiger partial charge in [0, 0.05) is 29.6 Å². The number of nitrogens with one attached hydrogen (secondary N) is 2.